The molecule has 0 bridgehead atoms. The van der Waals surface area contributed by atoms with E-state index in [1.54, 1.807) is 7.11 Å². The topological polar surface area (TPSA) is 39.9 Å². The summed E-state index contributed by atoms with van der Waals surface area (Å²) in [6, 6.07) is 0. The van der Waals surface area contributed by atoms with E-state index in [0.717, 1.165) is 24.4 Å². The largest absolute Gasteiger partial charge is 0.375 e. The smallest absolute Gasteiger partial charge is 0.103 e. The van der Waals surface area contributed by atoms with Crippen molar-refractivity contribution in [3.8, 4) is 0 Å². The number of rotatable bonds is 7. The molecule has 92 valence electrons. The van der Waals surface area contributed by atoms with Crippen LogP contribution in [0.5, 0.6) is 0 Å². The third-order valence-electron chi connectivity index (χ3n) is 2.69. The van der Waals surface area contributed by atoms with E-state index in [9.17, 15) is 0 Å². The zero-order valence-corrected chi connectivity index (χ0v) is 11.0. The number of aromatic nitrogens is 3. The van der Waals surface area contributed by atoms with E-state index >= 15 is 0 Å². The van der Waals surface area contributed by atoms with Crippen LogP contribution >= 0.6 is 11.6 Å². The fourth-order valence-electron chi connectivity index (χ4n) is 1.68. The predicted octanol–water partition coefficient (Wildman–Crippen LogP) is 2.91. The van der Waals surface area contributed by atoms with Crippen LogP contribution in [0, 0.1) is 0 Å². The standard InChI is InChI=1S/C11H20ClN3O/c1-4-5-6-7-15-11(9(2)16-3)10(8-12)13-14-15/h9H,4-8H2,1-3H3. The molecule has 16 heavy (non-hydrogen) atoms. The lowest BCUT2D eigenvalue weighted by atomic mass is 10.2. The highest BCUT2D eigenvalue weighted by molar-refractivity contribution is 6.16. The van der Waals surface area contributed by atoms with Gasteiger partial charge in [-0.3, -0.25) is 0 Å². The summed E-state index contributed by atoms with van der Waals surface area (Å²) in [5.41, 5.74) is 1.83. The molecule has 0 fully saturated rings. The highest BCUT2D eigenvalue weighted by Crippen LogP contribution is 2.20. The molecule has 1 heterocycles. The molecule has 0 aromatic carbocycles. The maximum Gasteiger partial charge on any atom is 0.103 e. The van der Waals surface area contributed by atoms with Gasteiger partial charge in [0.2, 0.25) is 0 Å². The SMILES string of the molecule is CCCCCn1nnc(CCl)c1C(C)OC. The van der Waals surface area contributed by atoms with Gasteiger partial charge < -0.3 is 4.74 Å². The molecule has 4 nitrogen and oxygen atoms in total. The van der Waals surface area contributed by atoms with Crippen molar-refractivity contribution in [3.63, 3.8) is 0 Å². The Balaban J connectivity index is 2.78. The molecular formula is C11H20ClN3O. The van der Waals surface area contributed by atoms with Gasteiger partial charge in [0.05, 0.1) is 17.7 Å². The highest BCUT2D eigenvalue weighted by atomic mass is 35.5. The van der Waals surface area contributed by atoms with E-state index in [4.69, 9.17) is 16.3 Å². The Morgan fingerprint density at radius 1 is 1.44 bits per heavy atom. The van der Waals surface area contributed by atoms with Crippen LogP contribution in [-0.4, -0.2) is 22.1 Å². The molecule has 1 atom stereocenters. The Morgan fingerprint density at radius 3 is 2.75 bits per heavy atom. The van der Waals surface area contributed by atoms with Crippen molar-refractivity contribution in [3.05, 3.63) is 11.4 Å². The molecule has 1 aromatic rings. The average Bonchev–Trinajstić information content (AvgIpc) is 2.71. The Kier molecular flexibility index (Phi) is 5.77. The molecule has 0 N–H and O–H groups in total. The molecule has 5 heteroatoms. The number of hydrogen-bond acceptors (Lipinski definition) is 3. The monoisotopic (exact) mass is 245 g/mol. The summed E-state index contributed by atoms with van der Waals surface area (Å²) in [6.45, 7) is 5.07. The number of hydrogen-bond donors (Lipinski definition) is 0. The van der Waals surface area contributed by atoms with Gasteiger partial charge in [0.25, 0.3) is 0 Å². The van der Waals surface area contributed by atoms with Crippen molar-refractivity contribution in [1.29, 1.82) is 0 Å². The lowest BCUT2D eigenvalue weighted by Crippen LogP contribution is -2.10. The minimum atomic E-state index is -0.00891. The lowest BCUT2D eigenvalue weighted by Gasteiger charge is -2.12. The van der Waals surface area contributed by atoms with Gasteiger partial charge in [-0.15, -0.1) is 16.7 Å². The maximum absolute atomic E-state index is 5.84. The van der Waals surface area contributed by atoms with Gasteiger partial charge in [0, 0.05) is 13.7 Å². The molecular weight excluding hydrogens is 226 g/mol. The molecule has 0 aliphatic heterocycles. The molecule has 1 aromatic heterocycles. The van der Waals surface area contributed by atoms with Crippen LogP contribution in [0.2, 0.25) is 0 Å². The summed E-state index contributed by atoms with van der Waals surface area (Å²) in [5.74, 6) is 0.386. The molecule has 0 saturated carbocycles. The molecule has 0 aliphatic rings. The van der Waals surface area contributed by atoms with Gasteiger partial charge in [0.1, 0.15) is 5.69 Å². The third kappa shape index (κ3) is 3.19. The molecule has 0 aliphatic carbocycles. The summed E-state index contributed by atoms with van der Waals surface area (Å²) >= 11 is 5.84. The van der Waals surface area contributed by atoms with Crippen LogP contribution in [0.3, 0.4) is 0 Å². The number of alkyl halides is 1. The molecule has 1 rings (SSSR count). The zero-order chi connectivity index (χ0) is 12.0. The Labute approximate surface area is 102 Å². The van der Waals surface area contributed by atoms with E-state index in [-0.39, 0.29) is 6.10 Å². The van der Waals surface area contributed by atoms with Crippen LogP contribution in [0.4, 0.5) is 0 Å². The van der Waals surface area contributed by atoms with Crippen molar-refractivity contribution >= 4 is 11.6 Å². The number of aryl methyl sites for hydroxylation is 1. The highest BCUT2D eigenvalue weighted by Gasteiger charge is 2.17. The molecule has 0 saturated heterocycles. The van der Waals surface area contributed by atoms with Gasteiger partial charge in [0.15, 0.2) is 0 Å². The van der Waals surface area contributed by atoms with E-state index in [1.807, 2.05) is 11.6 Å². The summed E-state index contributed by atoms with van der Waals surface area (Å²) in [4.78, 5) is 0. The quantitative estimate of drug-likeness (QED) is 0.548. The Bertz CT molecular complexity index is 314. The molecule has 1 unspecified atom stereocenters. The van der Waals surface area contributed by atoms with Crippen molar-refractivity contribution in [2.45, 2.75) is 51.6 Å². The van der Waals surface area contributed by atoms with Crippen LogP contribution in [-0.2, 0) is 17.2 Å². The zero-order valence-electron chi connectivity index (χ0n) is 10.2. The fraction of sp³-hybridized carbons (Fsp3) is 0.818. The number of methoxy groups -OCH3 is 1. The van der Waals surface area contributed by atoms with Crippen LogP contribution in [0.1, 0.15) is 50.6 Å². The van der Waals surface area contributed by atoms with Crippen molar-refractivity contribution in [2.24, 2.45) is 0 Å². The molecule has 0 spiro atoms. The average molecular weight is 246 g/mol. The number of ether oxygens (including phenoxy) is 1. The first-order chi connectivity index (χ1) is 7.74. The summed E-state index contributed by atoms with van der Waals surface area (Å²) in [7, 11) is 1.69. The van der Waals surface area contributed by atoms with Gasteiger partial charge in [-0.2, -0.15) is 0 Å². The van der Waals surface area contributed by atoms with Crippen molar-refractivity contribution in [2.75, 3.05) is 7.11 Å². The van der Waals surface area contributed by atoms with Crippen molar-refractivity contribution in [1.82, 2.24) is 15.0 Å². The van der Waals surface area contributed by atoms with E-state index < -0.39 is 0 Å². The number of unbranched alkanes of at least 4 members (excludes halogenated alkanes) is 2. The van der Waals surface area contributed by atoms with E-state index in [1.165, 1.54) is 12.8 Å². The van der Waals surface area contributed by atoms with Gasteiger partial charge >= 0.3 is 0 Å². The summed E-state index contributed by atoms with van der Waals surface area (Å²) in [6.07, 6.45) is 3.51. The van der Waals surface area contributed by atoms with Crippen LogP contribution < -0.4 is 0 Å². The van der Waals surface area contributed by atoms with Gasteiger partial charge in [-0.05, 0) is 13.3 Å². The minimum absolute atomic E-state index is 0.00891. The maximum atomic E-state index is 5.84. The third-order valence-corrected chi connectivity index (χ3v) is 2.94. The van der Waals surface area contributed by atoms with E-state index in [0.29, 0.717) is 5.88 Å². The number of halogens is 1. The van der Waals surface area contributed by atoms with Crippen LogP contribution in [0.15, 0.2) is 0 Å². The molecule has 0 radical (unpaired) electrons. The first-order valence-electron chi connectivity index (χ1n) is 5.75. The summed E-state index contributed by atoms with van der Waals surface area (Å²) in [5, 5.41) is 8.21. The second-order valence-electron chi connectivity index (χ2n) is 3.86. The minimum Gasteiger partial charge on any atom is -0.375 e. The Morgan fingerprint density at radius 2 is 2.19 bits per heavy atom. The lowest BCUT2D eigenvalue weighted by molar-refractivity contribution is 0.110. The first kappa shape index (κ1) is 13.5. The van der Waals surface area contributed by atoms with Crippen LogP contribution in [0.25, 0.3) is 0 Å². The number of nitrogens with zero attached hydrogens (tertiary/aromatic N) is 3. The first-order valence-corrected chi connectivity index (χ1v) is 6.29. The Hall–Kier alpha value is -0.610. The fourth-order valence-corrected chi connectivity index (χ4v) is 1.87. The van der Waals surface area contributed by atoms with Gasteiger partial charge in [-0.1, -0.05) is 25.0 Å². The van der Waals surface area contributed by atoms with Crippen molar-refractivity contribution < 1.29 is 4.74 Å². The van der Waals surface area contributed by atoms with E-state index in [2.05, 4.69) is 17.2 Å². The summed E-state index contributed by atoms with van der Waals surface area (Å²) < 4.78 is 7.24. The normalized spacial score (nSPS) is 13.0. The second kappa shape index (κ2) is 6.86. The van der Waals surface area contributed by atoms with Gasteiger partial charge in [-0.25, -0.2) is 4.68 Å². The predicted molar refractivity (Wildman–Crippen MR) is 64.5 cm³/mol. The second-order valence-corrected chi connectivity index (χ2v) is 4.13. The molecule has 0 amide bonds.